The summed E-state index contributed by atoms with van der Waals surface area (Å²) in [4.78, 5) is 28.1. The minimum atomic E-state index is -0.537. The normalized spacial score (nSPS) is 13.8. The van der Waals surface area contributed by atoms with E-state index in [0.717, 1.165) is 29.0 Å². The van der Waals surface area contributed by atoms with Gasteiger partial charge in [0.15, 0.2) is 11.5 Å². The van der Waals surface area contributed by atoms with Gasteiger partial charge in [-0.15, -0.1) is 0 Å². The van der Waals surface area contributed by atoms with Crippen molar-refractivity contribution in [3.63, 3.8) is 0 Å². The van der Waals surface area contributed by atoms with Crippen molar-refractivity contribution in [1.29, 1.82) is 0 Å². The molecule has 178 valence electrons. The van der Waals surface area contributed by atoms with Gasteiger partial charge in [-0.1, -0.05) is 32.0 Å². The summed E-state index contributed by atoms with van der Waals surface area (Å²) < 4.78 is 16.0. The van der Waals surface area contributed by atoms with Gasteiger partial charge in [0, 0.05) is 19.0 Å². The van der Waals surface area contributed by atoms with E-state index in [4.69, 9.17) is 14.2 Å². The summed E-state index contributed by atoms with van der Waals surface area (Å²) in [6.45, 7) is 6.51. The first-order valence-electron chi connectivity index (χ1n) is 11.6. The molecule has 33 heavy (non-hydrogen) atoms. The number of hydrogen-bond acceptors (Lipinski definition) is 5. The van der Waals surface area contributed by atoms with Crippen LogP contribution < -0.4 is 19.5 Å². The Morgan fingerprint density at radius 2 is 1.73 bits per heavy atom. The summed E-state index contributed by atoms with van der Waals surface area (Å²) in [6.07, 6.45) is 2.22. The molecule has 1 heterocycles. The molecule has 0 spiro atoms. The van der Waals surface area contributed by atoms with Crippen LogP contribution in [-0.2, 0) is 22.6 Å². The smallest absolute Gasteiger partial charge is 0.243 e. The number of nitrogens with zero attached hydrogens (tertiary/aromatic N) is 1. The molecular formula is C26H34N2O5. The average molecular weight is 455 g/mol. The SMILES string of the molecule is CC[C@@H](C)NC(=O)[C@@H](CC)N(Cc1ccc(OC)cc1)C(=O)CCc1ccc2c(c1)OCO2. The number of methoxy groups -OCH3 is 1. The highest BCUT2D eigenvalue weighted by Gasteiger charge is 2.29. The number of rotatable bonds is 11. The van der Waals surface area contributed by atoms with Crippen LogP contribution in [0.4, 0.5) is 0 Å². The zero-order valence-electron chi connectivity index (χ0n) is 19.9. The van der Waals surface area contributed by atoms with Crippen molar-refractivity contribution < 1.29 is 23.8 Å². The quantitative estimate of drug-likeness (QED) is 0.554. The summed E-state index contributed by atoms with van der Waals surface area (Å²) in [5, 5.41) is 3.04. The van der Waals surface area contributed by atoms with Gasteiger partial charge in [-0.25, -0.2) is 0 Å². The van der Waals surface area contributed by atoms with Gasteiger partial charge in [-0.3, -0.25) is 9.59 Å². The monoisotopic (exact) mass is 454 g/mol. The van der Waals surface area contributed by atoms with Crippen LogP contribution in [0.5, 0.6) is 17.2 Å². The predicted molar refractivity (Wildman–Crippen MR) is 126 cm³/mol. The molecule has 1 aliphatic rings. The highest BCUT2D eigenvalue weighted by atomic mass is 16.7. The summed E-state index contributed by atoms with van der Waals surface area (Å²) in [6, 6.07) is 12.8. The van der Waals surface area contributed by atoms with Crippen molar-refractivity contribution in [3.8, 4) is 17.2 Å². The van der Waals surface area contributed by atoms with Gasteiger partial charge in [0.2, 0.25) is 18.6 Å². The van der Waals surface area contributed by atoms with Gasteiger partial charge in [0.25, 0.3) is 0 Å². The summed E-state index contributed by atoms with van der Waals surface area (Å²) in [5.74, 6) is 2.00. The van der Waals surface area contributed by atoms with E-state index in [1.165, 1.54) is 0 Å². The van der Waals surface area contributed by atoms with E-state index in [2.05, 4.69) is 5.32 Å². The molecule has 2 amide bonds. The van der Waals surface area contributed by atoms with Gasteiger partial charge in [0.05, 0.1) is 7.11 Å². The summed E-state index contributed by atoms with van der Waals surface area (Å²) in [7, 11) is 1.62. The molecule has 2 aromatic carbocycles. The van der Waals surface area contributed by atoms with E-state index in [1.54, 1.807) is 12.0 Å². The molecule has 1 aliphatic heterocycles. The molecule has 1 N–H and O–H groups in total. The van der Waals surface area contributed by atoms with E-state index in [-0.39, 0.29) is 24.6 Å². The molecule has 2 atom stereocenters. The maximum Gasteiger partial charge on any atom is 0.243 e. The average Bonchev–Trinajstić information content (AvgIpc) is 3.30. The molecular weight excluding hydrogens is 420 g/mol. The third kappa shape index (κ3) is 6.40. The molecule has 0 aliphatic carbocycles. The van der Waals surface area contributed by atoms with Gasteiger partial charge >= 0.3 is 0 Å². The number of carbonyl (C=O) groups is 2. The molecule has 7 nitrogen and oxygen atoms in total. The molecule has 0 fully saturated rings. The Morgan fingerprint density at radius 1 is 1.03 bits per heavy atom. The Kier molecular flexibility index (Phi) is 8.58. The zero-order chi connectivity index (χ0) is 23.8. The Morgan fingerprint density at radius 3 is 2.39 bits per heavy atom. The first-order valence-corrected chi connectivity index (χ1v) is 11.6. The molecule has 0 saturated heterocycles. The second-order valence-corrected chi connectivity index (χ2v) is 8.30. The third-order valence-electron chi connectivity index (χ3n) is 5.96. The molecule has 0 saturated carbocycles. The molecule has 0 radical (unpaired) electrons. The lowest BCUT2D eigenvalue weighted by Crippen LogP contribution is -2.50. The van der Waals surface area contributed by atoms with Crippen LogP contribution in [0.2, 0.25) is 0 Å². The third-order valence-corrected chi connectivity index (χ3v) is 5.96. The summed E-state index contributed by atoms with van der Waals surface area (Å²) in [5.41, 5.74) is 1.94. The van der Waals surface area contributed by atoms with E-state index in [1.807, 2.05) is 63.2 Å². The standard InChI is InChI=1S/C26H34N2O5/c1-5-18(3)27-26(30)22(6-2)28(16-20-7-11-21(31-4)12-8-20)25(29)14-10-19-9-13-23-24(15-19)33-17-32-23/h7-9,11-13,15,18,22H,5-6,10,14,16-17H2,1-4H3,(H,27,30)/t18-,22-/m1/s1. The van der Waals surface area contributed by atoms with Gasteiger partial charge in [-0.2, -0.15) is 0 Å². The number of ether oxygens (including phenoxy) is 3. The van der Waals surface area contributed by atoms with Gasteiger partial charge in [0.1, 0.15) is 11.8 Å². The molecule has 3 rings (SSSR count). The van der Waals surface area contributed by atoms with Crippen molar-refractivity contribution in [2.75, 3.05) is 13.9 Å². The maximum absolute atomic E-state index is 13.4. The zero-order valence-corrected chi connectivity index (χ0v) is 19.9. The van der Waals surface area contributed by atoms with Crippen LogP contribution in [0.3, 0.4) is 0 Å². The Hall–Kier alpha value is -3.22. The van der Waals surface area contributed by atoms with Crippen LogP contribution >= 0.6 is 0 Å². The molecule has 2 aromatic rings. The highest BCUT2D eigenvalue weighted by Crippen LogP contribution is 2.32. The molecule has 0 bridgehead atoms. The number of hydrogen-bond donors (Lipinski definition) is 1. The largest absolute Gasteiger partial charge is 0.497 e. The number of carbonyl (C=O) groups excluding carboxylic acids is 2. The minimum absolute atomic E-state index is 0.0538. The summed E-state index contributed by atoms with van der Waals surface area (Å²) >= 11 is 0. The first-order chi connectivity index (χ1) is 15.9. The Bertz CT molecular complexity index is 944. The lowest BCUT2D eigenvalue weighted by Gasteiger charge is -2.31. The molecule has 0 aromatic heterocycles. The van der Waals surface area contributed by atoms with Gasteiger partial charge in [-0.05, 0) is 61.6 Å². The van der Waals surface area contributed by atoms with Crippen LogP contribution in [0.25, 0.3) is 0 Å². The number of aryl methyl sites for hydroxylation is 1. The van der Waals surface area contributed by atoms with Crippen molar-refractivity contribution in [2.24, 2.45) is 0 Å². The van der Waals surface area contributed by atoms with Crippen LogP contribution in [0.15, 0.2) is 42.5 Å². The lowest BCUT2D eigenvalue weighted by molar-refractivity contribution is -0.141. The highest BCUT2D eigenvalue weighted by molar-refractivity contribution is 5.88. The number of fused-ring (bicyclic) bond motifs is 1. The fraction of sp³-hybridized carbons (Fsp3) is 0.462. The Balaban J connectivity index is 1.76. The first kappa shape index (κ1) is 24.4. The van der Waals surface area contributed by atoms with E-state index >= 15 is 0 Å². The number of benzene rings is 2. The van der Waals surface area contributed by atoms with E-state index < -0.39 is 6.04 Å². The second kappa shape index (κ2) is 11.6. The van der Waals surface area contributed by atoms with E-state index in [0.29, 0.717) is 31.6 Å². The lowest BCUT2D eigenvalue weighted by atomic mass is 10.1. The van der Waals surface area contributed by atoms with Crippen molar-refractivity contribution in [1.82, 2.24) is 10.2 Å². The predicted octanol–water partition coefficient (Wildman–Crippen LogP) is 4.08. The Labute approximate surface area is 196 Å². The van der Waals surface area contributed by atoms with E-state index in [9.17, 15) is 9.59 Å². The maximum atomic E-state index is 13.4. The van der Waals surface area contributed by atoms with Crippen LogP contribution in [0.1, 0.15) is 51.2 Å². The number of amides is 2. The topological polar surface area (TPSA) is 77.1 Å². The van der Waals surface area contributed by atoms with Crippen molar-refractivity contribution in [2.45, 2.75) is 65.1 Å². The second-order valence-electron chi connectivity index (χ2n) is 8.30. The van der Waals surface area contributed by atoms with Gasteiger partial charge < -0.3 is 24.4 Å². The minimum Gasteiger partial charge on any atom is -0.497 e. The van der Waals surface area contributed by atoms with Crippen molar-refractivity contribution in [3.05, 3.63) is 53.6 Å². The van der Waals surface area contributed by atoms with Crippen molar-refractivity contribution >= 4 is 11.8 Å². The van der Waals surface area contributed by atoms with Crippen LogP contribution in [-0.4, -0.2) is 42.7 Å². The molecule has 7 heteroatoms. The fourth-order valence-electron chi connectivity index (χ4n) is 3.78. The number of nitrogens with one attached hydrogen (secondary N) is 1. The van der Waals surface area contributed by atoms with Crippen LogP contribution in [0, 0.1) is 0 Å². The fourth-order valence-corrected chi connectivity index (χ4v) is 3.78. The molecule has 0 unspecified atom stereocenters.